The Balaban J connectivity index is 2.35. The van der Waals surface area contributed by atoms with Crippen molar-refractivity contribution in [2.24, 2.45) is 0 Å². The molecule has 1 heterocycles. The Labute approximate surface area is 81.0 Å². The lowest BCUT2D eigenvalue weighted by Crippen LogP contribution is -1.83. The average molecular weight is 193 g/mol. The number of rotatable bonds is 3. The van der Waals surface area contributed by atoms with E-state index in [0.717, 1.165) is 11.3 Å². The Morgan fingerprint density at radius 2 is 2.15 bits per heavy atom. The molecular weight excluding hydrogens is 182 g/mol. The fourth-order valence-corrected chi connectivity index (χ4v) is 2.11. The highest BCUT2D eigenvalue weighted by Crippen LogP contribution is 2.26. The van der Waals surface area contributed by atoms with E-state index in [9.17, 15) is 0 Å². The van der Waals surface area contributed by atoms with Crippen molar-refractivity contribution < 1.29 is 5.11 Å². The van der Waals surface area contributed by atoms with Gasteiger partial charge >= 0.3 is 0 Å². The highest BCUT2D eigenvalue weighted by atomic mass is 32.2. The monoisotopic (exact) mass is 193 g/mol. The van der Waals surface area contributed by atoms with Gasteiger partial charge in [0, 0.05) is 27.7 Å². The van der Waals surface area contributed by atoms with Gasteiger partial charge in [0.2, 0.25) is 0 Å². The topological polar surface area (TPSA) is 36.0 Å². The third-order valence-electron chi connectivity index (χ3n) is 1.90. The highest BCUT2D eigenvalue weighted by molar-refractivity contribution is 7.99. The van der Waals surface area contributed by atoms with E-state index >= 15 is 0 Å². The molecule has 2 rings (SSSR count). The number of hydrogen-bond donors (Lipinski definition) is 2. The summed E-state index contributed by atoms with van der Waals surface area (Å²) in [7, 11) is 0. The van der Waals surface area contributed by atoms with Crippen molar-refractivity contribution >= 4 is 22.7 Å². The number of thioether (sulfide) groups is 1. The zero-order valence-electron chi connectivity index (χ0n) is 7.16. The molecule has 2 N–H and O–H groups in total. The fraction of sp³-hybridized carbons (Fsp3) is 0.200. The molecule has 0 fully saturated rings. The molecule has 0 radical (unpaired) electrons. The number of aliphatic hydroxyl groups is 1. The van der Waals surface area contributed by atoms with Crippen LogP contribution >= 0.6 is 11.8 Å². The number of H-pyrrole nitrogens is 1. The summed E-state index contributed by atoms with van der Waals surface area (Å²) in [6.07, 6.45) is 1.99. The first-order valence-electron chi connectivity index (χ1n) is 4.21. The van der Waals surface area contributed by atoms with Gasteiger partial charge in [-0.3, -0.25) is 0 Å². The summed E-state index contributed by atoms with van der Waals surface area (Å²) in [6.45, 7) is 0.226. The lowest BCUT2D eigenvalue weighted by molar-refractivity contribution is 0.322. The first-order chi connectivity index (χ1) is 6.42. The SMILES string of the molecule is OCCSc1c[nH]c2ccccc12. The number of hydrogen-bond acceptors (Lipinski definition) is 2. The van der Waals surface area contributed by atoms with Crippen LogP contribution in [0.1, 0.15) is 0 Å². The molecule has 2 aromatic rings. The second kappa shape index (κ2) is 3.85. The van der Waals surface area contributed by atoms with Crippen molar-refractivity contribution in [3.63, 3.8) is 0 Å². The van der Waals surface area contributed by atoms with E-state index in [1.54, 1.807) is 11.8 Å². The molecule has 0 aliphatic rings. The van der Waals surface area contributed by atoms with Crippen LogP contribution in [0.3, 0.4) is 0 Å². The molecule has 0 saturated heterocycles. The summed E-state index contributed by atoms with van der Waals surface area (Å²) in [5.41, 5.74) is 1.16. The number of aromatic amines is 1. The van der Waals surface area contributed by atoms with Crippen LogP contribution in [-0.4, -0.2) is 22.5 Å². The standard InChI is InChI=1S/C10H11NOS/c12-5-6-13-10-7-11-9-4-2-1-3-8(9)10/h1-4,7,11-12H,5-6H2. The van der Waals surface area contributed by atoms with Gasteiger partial charge in [-0.2, -0.15) is 0 Å². The van der Waals surface area contributed by atoms with Gasteiger partial charge in [0.25, 0.3) is 0 Å². The van der Waals surface area contributed by atoms with Crippen LogP contribution in [0.15, 0.2) is 35.4 Å². The molecule has 0 saturated carbocycles. The highest BCUT2D eigenvalue weighted by Gasteiger charge is 2.01. The molecule has 68 valence electrons. The minimum Gasteiger partial charge on any atom is -0.396 e. The second-order valence-corrected chi connectivity index (χ2v) is 3.91. The lowest BCUT2D eigenvalue weighted by atomic mass is 10.2. The molecule has 2 nitrogen and oxygen atoms in total. The minimum absolute atomic E-state index is 0.226. The lowest BCUT2D eigenvalue weighted by Gasteiger charge is -1.95. The summed E-state index contributed by atoms with van der Waals surface area (Å²) in [4.78, 5) is 4.41. The van der Waals surface area contributed by atoms with E-state index in [-0.39, 0.29) is 6.61 Å². The van der Waals surface area contributed by atoms with Crippen LogP contribution in [-0.2, 0) is 0 Å². The van der Waals surface area contributed by atoms with Gasteiger partial charge in [0.05, 0.1) is 6.61 Å². The summed E-state index contributed by atoms with van der Waals surface area (Å²) in [5.74, 6) is 0.752. The Kier molecular flexibility index (Phi) is 2.57. The molecule has 0 atom stereocenters. The van der Waals surface area contributed by atoms with E-state index in [4.69, 9.17) is 5.11 Å². The molecule has 0 aliphatic heterocycles. The van der Waals surface area contributed by atoms with Gasteiger partial charge in [-0.05, 0) is 6.07 Å². The molecule has 1 aromatic carbocycles. The molecule has 0 spiro atoms. The zero-order valence-corrected chi connectivity index (χ0v) is 7.97. The average Bonchev–Trinajstić information content (AvgIpc) is 2.58. The first-order valence-corrected chi connectivity index (χ1v) is 5.20. The Morgan fingerprint density at radius 1 is 1.31 bits per heavy atom. The maximum Gasteiger partial charge on any atom is 0.0525 e. The Morgan fingerprint density at radius 3 is 3.00 bits per heavy atom. The molecule has 0 aliphatic carbocycles. The van der Waals surface area contributed by atoms with Gasteiger partial charge in [-0.1, -0.05) is 18.2 Å². The first kappa shape index (κ1) is 8.66. The number of aromatic nitrogens is 1. The van der Waals surface area contributed by atoms with E-state index in [2.05, 4.69) is 17.1 Å². The van der Waals surface area contributed by atoms with Crippen molar-refractivity contribution in [3.05, 3.63) is 30.5 Å². The largest absolute Gasteiger partial charge is 0.396 e. The molecule has 3 heteroatoms. The van der Waals surface area contributed by atoms with Crippen molar-refractivity contribution in [2.45, 2.75) is 4.90 Å². The van der Waals surface area contributed by atoms with Crippen LogP contribution in [0, 0.1) is 0 Å². The van der Waals surface area contributed by atoms with Crippen LogP contribution < -0.4 is 0 Å². The van der Waals surface area contributed by atoms with Crippen LogP contribution in [0.5, 0.6) is 0 Å². The summed E-state index contributed by atoms with van der Waals surface area (Å²) < 4.78 is 0. The van der Waals surface area contributed by atoms with Crippen molar-refractivity contribution in [1.29, 1.82) is 0 Å². The fourth-order valence-electron chi connectivity index (χ4n) is 1.32. The predicted molar refractivity (Wildman–Crippen MR) is 56.1 cm³/mol. The molecular formula is C10H11NOS. The van der Waals surface area contributed by atoms with E-state index in [0.29, 0.717) is 0 Å². The number of nitrogens with one attached hydrogen (secondary N) is 1. The minimum atomic E-state index is 0.226. The van der Waals surface area contributed by atoms with Crippen LogP contribution in [0.2, 0.25) is 0 Å². The van der Waals surface area contributed by atoms with E-state index < -0.39 is 0 Å². The smallest absolute Gasteiger partial charge is 0.0525 e. The number of fused-ring (bicyclic) bond motifs is 1. The van der Waals surface area contributed by atoms with Crippen LogP contribution in [0.4, 0.5) is 0 Å². The summed E-state index contributed by atoms with van der Waals surface area (Å²) >= 11 is 1.68. The normalized spacial score (nSPS) is 10.8. The summed E-state index contributed by atoms with van der Waals surface area (Å²) in [5, 5.41) is 9.94. The number of aliphatic hydroxyl groups excluding tert-OH is 1. The molecule has 0 amide bonds. The van der Waals surface area contributed by atoms with Crippen LogP contribution in [0.25, 0.3) is 10.9 Å². The molecule has 0 bridgehead atoms. The third-order valence-corrected chi connectivity index (χ3v) is 2.94. The quantitative estimate of drug-likeness (QED) is 0.733. The zero-order chi connectivity index (χ0) is 9.10. The van der Waals surface area contributed by atoms with Crippen molar-refractivity contribution in [2.75, 3.05) is 12.4 Å². The second-order valence-electron chi connectivity index (χ2n) is 2.77. The van der Waals surface area contributed by atoms with Gasteiger partial charge in [-0.25, -0.2) is 0 Å². The van der Waals surface area contributed by atoms with Gasteiger partial charge < -0.3 is 10.1 Å². The van der Waals surface area contributed by atoms with Crippen molar-refractivity contribution in [1.82, 2.24) is 4.98 Å². The Bertz CT molecular complexity index is 396. The maximum absolute atomic E-state index is 8.71. The van der Waals surface area contributed by atoms with E-state index in [1.165, 1.54) is 10.3 Å². The predicted octanol–water partition coefficient (Wildman–Crippen LogP) is 2.25. The number of para-hydroxylation sites is 1. The molecule has 1 aromatic heterocycles. The number of benzene rings is 1. The van der Waals surface area contributed by atoms with Gasteiger partial charge in [0.1, 0.15) is 0 Å². The molecule has 13 heavy (non-hydrogen) atoms. The van der Waals surface area contributed by atoms with Crippen molar-refractivity contribution in [3.8, 4) is 0 Å². The summed E-state index contributed by atoms with van der Waals surface area (Å²) in [6, 6.07) is 8.18. The molecule has 0 unspecified atom stereocenters. The van der Waals surface area contributed by atoms with Gasteiger partial charge in [-0.15, -0.1) is 11.8 Å². The van der Waals surface area contributed by atoms with E-state index in [1.807, 2.05) is 18.3 Å². The third kappa shape index (κ3) is 1.71. The maximum atomic E-state index is 8.71. The van der Waals surface area contributed by atoms with Gasteiger partial charge in [0.15, 0.2) is 0 Å². The Hall–Kier alpha value is -0.930.